The van der Waals surface area contributed by atoms with E-state index in [1.54, 1.807) is 0 Å². The van der Waals surface area contributed by atoms with Gasteiger partial charge in [0.25, 0.3) is 0 Å². The number of rotatable bonds is 3. The lowest BCUT2D eigenvalue weighted by molar-refractivity contribution is 0.275. The first-order chi connectivity index (χ1) is 6.29. The molecule has 3 nitrogen and oxygen atoms in total. The van der Waals surface area contributed by atoms with E-state index in [9.17, 15) is 0 Å². The average molecular weight is 178 g/mol. The second-order valence-electron chi connectivity index (χ2n) is 3.59. The highest BCUT2D eigenvalue weighted by Gasteiger charge is 2.36. The third kappa shape index (κ3) is 1.98. The summed E-state index contributed by atoms with van der Waals surface area (Å²) in [6.45, 7) is 2.26. The van der Waals surface area contributed by atoms with Gasteiger partial charge in [-0.2, -0.15) is 0 Å². The number of hydrogen-bond acceptors (Lipinski definition) is 3. The predicted octanol–water partition coefficient (Wildman–Crippen LogP) is 1.18. The molecule has 1 aromatic rings. The molecule has 1 aromatic heterocycles. The number of aryl methyl sites for hydroxylation is 1. The molecule has 13 heavy (non-hydrogen) atoms. The van der Waals surface area contributed by atoms with Crippen molar-refractivity contribution >= 4 is 5.82 Å². The fourth-order valence-electron chi connectivity index (χ4n) is 1.44. The largest absolute Gasteiger partial charge is 0.396 e. The molecule has 0 saturated heterocycles. The molecular weight excluding hydrogens is 164 g/mol. The van der Waals surface area contributed by atoms with Crippen LogP contribution in [-0.2, 0) is 0 Å². The molecule has 1 fully saturated rings. The van der Waals surface area contributed by atoms with Crippen molar-refractivity contribution in [1.82, 2.24) is 4.98 Å². The molecule has 70 valence electrons. The van der Waals surface area contributed by atoms with Gasteiger partial charge in [0, 0.05) is 24.3 Å². The van der Waals surface area contributed by atoms with Gasteiger partial charge in [0.15, 0.2) is 0 Å². The second-order valence-corrected chi connectivity index (χ2v) is 3.59. The normalized spacial score (nSPS) is 25.7. The summed E-state index contributed by atoms with van der Waals surface area (Å²) in [5.41, 5.74) is 1.02. The van der Waals surface area contributed by atoms with Crippen molar-refractivity contribution in [2.24, 2.45) is 5.92 Å². The molecule has 3 heteroatoms. The van der Waals surface area contributed by atoms with Crippen molar-refractivity contribution in [2.75, 3.05) is 11.9 Å². The Hall–Kier alpha value is -1.09. The summed E-state index contributed by atoms with van der Waals surface area (Å²) in [6.07, 6.45) is 1.06. The molecule has 1 aliphatic carbocycles. The van der Waals surface area contributed by atoms with Crippen LogP contribution in [-0.4, -0.2) is 22.7 Å². The van der Waals surface area contributed by atoms with E-state index in [-0.39, 0.29) is 6.61 Å². The molecule has 0 spiro atoms. The Morgan fingerprint density at radius 2 is 2.46 bits per heavy atom. The number of hydrogen-bond donors (Lipinski definition) is 2. The van der Waals surface area contributed by atoms with Crippen LogP contribution in [0.25, 0.3) is 0 Å². The number of aliphatic hydroxyl groups is 1. The molecule has 2 rings (SSSR count). The van der Waals surface area contributed by atoms with Crippen LogP contribution in [0.2, 0.25) is 0 Å². The molecule has 0 amide bonds. The zero-order chi connectivity index (χ0) is 9.26. The minimum Gasteiger partial charge on any atom is -0.396 e. The van der Waals surface area contributed by atoms with E-state index in [1.165, 1.54) is 0 Å². The number of anilines is 1. The van der Waals surface area contributed by atoms with E-state index in [4.69, 9.17) is 5.11 Å². The Kier molecular flexibility index (Phi) is 2.19. The van der Waals surface area contributed by atoms with Crippen molar-refractivity contribution < 1.29 is 5.11 Å². The molecule has 2 unspecified atom stereocenters. The van der Waals surface area contributed by atoms with Crippen molar-refractivity contribution in [3.8, 4) is 0 Å². The molecule has 0 bridgehead atoms. The van der Waals surface area contributed by atoms with Crippen LogP contribution in [0, 0.1) is 12.8 Å². The molecule has 1 heterocycles. The number of aromatic nitrogens is 1. The monoisotopic (exact) mass is 178 g/mol. The summed E-state index contributed by atoms with van der Waals surface area (Å²) in [5.74, 6) is 1.35. The van der Waals surface area contributed by atoms with E-state index >= 15 is 0 Å². The van der Waals surface area contributed by atoms with E-state index in [0.29, 0.717) is 12.0 Å². The lowest BCUT2D eigenvalue weighted by Gasteiger charge is -2.04. The van der Waals surface area contributed by atoms with Gasteiger partial charge in [-0.1, -0.05) is 6.07 Å². The first kappa shape index (κ1) is 8.51. The van der Waals surface area contributed by atoms with Crippen molar-refractivity contribution in [1.29, 1.82) is 0 Å². The average Bonchev–Trinajstić information content (AvgIpc) is 2.83. The topological polar surface area (TPSA) is 45.1 Å². The van der Waals surface area contributed by atoms with Crippen molar-refractivity contribution in [3.05, 3.63) is 23.9 Å². The van der Waals surface area contributed by atoms with Gasteiger partial charge in [0.05, 0.1) is 0 Å². The fraction of sp³-hybridized carbons (Fsp3) is 0.500. The van der Waals surface area contributed by atoms with Crippen LogP contribution in [0.3, 0.4) is 0 Å². The van der Waals surface area contributed by atoms with Gasteiger partial charge in [0.2, 0.25) is 0 Å². The van der Waals surface area contributed by atoms with Gasteiger partial charge in [-0.25, -0.2) is 4.98 Å². The van der Waals surface area contributed by atoms with Crippen LogP contribution < -0.4 is 5.32 Å². The van der Waals surface area contributed by atoms with Gasteiger partial charge in [-0.15, -0.1) is 0 Å². The maximum Gasteiger partial charge on any atom is 0.126 e. The molecule has 2 atom stereocenters. The lowest BCUT2D eigenvalue weighted by atomic mass is 10.3. The highest BCUT2D eigenvalue weighted by atomic mass is 16.3. The molecule has 0 aromatic carbocycles. The summed E-state index contributed by atoms with van der Waals surface area (Å²) in [6, 6.07) is 6.35. The van der Waals surface area contributed by atoms with Crippen LogP contribution in [0.1, 0.15) is 12.1 Å². The van der Waals surface area contributed by atoms with Crippen molar-refractivity contribution in [2.45, 2.75) is 19.4 Å². The molecule has 2 N–H and O–H groups in total. The SMILES string of the molecule is Cc1cccc(NC2CC2CO)n1. The molecular formula is C10H14N2O. The Morgan fingerprint density at radius 3 is 3.08 bits per heavy atom. The van der Waals surface area contributed by atoms with Crippen LogP contribution >= 0.6 is 0 Å². The minimum absolute atomic E-state index is 0.281. The molecule has 0 aliphatic heterocycles. The lowest BCUT2D eigenvalue weighted by Crippen LogP contribution is -2.07. The van der Waals surface area contributed by atoms with Gasteiger partial charge in [-0.3, -0.25) is 0 Å². The second kappa shape index (κ2) is 3.34. The van der Waals surface area contributed by atoms with Gasteiger partial charge in [-0.05, 0) is 25.5 Å². The van der Waals surface area contributed by atoms with E-state index < -0.39 is 0 Å². The molecule has 0 radical (unpaired) electrons. The van der Waals surface area contributed by atoms with Gasteiger partial charge < -0.3 is 10.4 Å². The first-order valence-corrected chi connectivity index (χ1v) is 4.60. The minimum atomic E-state index is 0.281. The van der Waals surface area contributed by atoms with E-state index in [2.05, 4.69) is 10.3 Å². The van der Waals surface area contributed by atoms with Crippen LogP contribution in [0.5, 0.6) is 0 Å². The standard InChI is InChI=1S/C10H14N2O/c1-7-3-2-4-10(11-7)12-9-5-8(9)6-13/h2-4,8-9,13H,5-6H2,1H3,(H,11,12). The zero-order valence-corrected chi connectivity index (χ0v) is 7.70. The van der Waals surface area contributed by atoms with Crippen LogP contribution in [0.4, 0.5) is 5.82 Å². The summed E-state index contributed by atoms with van der Waals surface area (Å²) < 4.78 is 0. The smallest absolute Gasteiger partial charge is 0.126 e. The number of pyridine rings is 1. The predicted molar refractivity (Wildman–Crippen MR) is 51.6 cm³/mol. The van der Waals surface area contributed by atoms with Crippen molar-refractivity contribution in [3.63, 3.8) is 0 Å². The van der Waals surface area contributed by atoms with Gasteiger partial charge in [0.1, 0.15) is 5.82 Å². The van der Waals surface area contributed by atoms with Gasteiger partial charge >= 0.3 is 0 Å². The summed E-state index contributed by atoms with van der Waals surface area (Å²) in [7, 11) is 0. The summed E-state index contributed by atoms with van der Waals surface area (Å²) >= 11 is 0. The maximum absolute atomic E-state index is 8.85. The number of nitrogens with zero attached hydrogens (tertiary/aromatic N) is 1. The Labute approximate surface area is 77.8 Å². The molecule has 1 aliphatic rings. The third-order valence-electron chi connectivity index (χ3n) is 2.38. The zero-order valence-electron chi connectivity index (χ0n) is 7.70. The maximum atomic E-state index is 8.85. The Balaban J connectivity index is 1.95. The third-order valence-corrected chi connectivity index (χ3v) is 2.38. The van der Waals surface area contributed by atoms with E-state index in [1.807, 2.05) is 25.1 Å². The highest BCUT2D eigenvalue weighted by Crippen LogP contribution is 2.32. The van der Waals surface area contributed by atoms with Crippen LogP contribution in [0.15, 0.2) is 18.2 Å². The summed E-state index contributed by atoms with van der Waals surface area (Å²) in [4.78, 5) is 4.33. The Bertz CT molecular complexity index is 301. The van der Waals surface area contributed by atoms with E-state index in [0.717, 1.165) is 17.9 Å². The Morgan fingerprint density at radius 1 is 1.62 bits per heavy atom. The fourth-order valence-corrected chi connectivity index (χ4v) is 1.44. The molecule has 1 saturated carbocycles. The summed E-state index contributed by atoms with van der Waals surface area (Å²) in [5, 5.41) is 12.1. The first-order valence-electron chi connectivity index (χ1n) is 4.60. The highest BCUT2D eigenvalue weighted by molar-refractivity contribution is 5.38. The number of nitrogens with one attached hydrogen (secondary N) is 1. The number of aliphatic hydroxyl groups excluding tert-OH is 1. The quantitative estimate of drug-likeness (QED) is 0.730.